The third-order valence-electron chi connectivity index (χ3n) is 2.11. The van der Waals surface area contributed by atoms with Crippen molar-refractivity contribution in [3.63, 3.8) is 0 Å². The summed E-state index contributed by atoms with van der Waals surface area (Å²) in [4.78, 5) is 0. The van der Waals surface area contributed by atoms with E-state index in [-0.39, 0.29) is 11.9 Å². The molecule has 0 amide bonds. The lowest BCUT2D eigenvalue weighted by Crippen LogP contribution is -2.20. The number of fused-ring (bicyclic) bond motifs is 1. The van der Waals surface area contributed by atoms with E-state index in [0.29, 0.717) is 29.4 Å². The molecular formula is C9H9ClFNO. The predicted octanol–water partition coefficient (Wildman–Crippen LogP) is 2.26. The highest BCUT2D eigenvalue weighted by Gasteiger charge is 2.21. The summed E-state index contributed by atoms with van der Waals surface area (Å²) in [6.07, 6.45) is 0.701. The molecule has 0 spiro atoms. The maximum absolute atomic E-state index is 12.9. The Morgan fingerprint density at radius 2 is 2.31 bits per heavy atom. The van der Waals surface area contributed by atoms with Crippen LogP contribution in [-0.2, 0) is 0 Å². The quantitative estimate of drug-likeness (QED) is 0.699. The first kappa shape index (κ1) is 8.78. The monoisotopic (exact) mass is 201 g/mol. The van der Waals surface area contributed by atoms with Crippen LogP contribution in [0.4, 0.5) is 4.39 Å². The Hall–Kier alpha value is -0.800. The van der Waals surface area contributed by atoms with Gasteiger partial charge in [0, 0.05) is 18.0 Å². The van der Waals surface area contributed by atoms with Gasteiger partial charge in [-0.3, -0.25) is 0 Å². The molecule has 0 aliphatic carbocycles. The van der Waals surface area contributed by atoms with Gasteiger partial charge in [-0.25, -0.2) is 4.39 Å². The molecule has 1 unspecified atom stereocenters. The van der Waals surface area contributed by atoms with Gasteiger partial charge in [-0.05, 0) is 12.1 Å². The minimum Gasteiger partial charge on any atom is -0.492 e. The molecule has 70 valence electrons. The summed E-state index contributed by atoms with van der Waals surface area (Å²) in [7, 11) is 0. The largest absolute Gasteiger partial charge is 0.492 e. The Morgan fingerprint density at radius 3 is 3.08 bits per heavy atom. The molecule has 2 N–H and O–H groups in total. The SMILES string of the molecule is NC1CCOc2c(Cl)cc(F)cc21. The molecule has 0 aromatic heterocycles. The number of halogens is 2. The van der Waals surface area contributed by atoms with Gasteiger partial charge in [0.05, 0.1) is 11.6 Å². The molecular weight excluding hydrogens is 193 g/mol. The summed E-state index contributed by atoms with van der Waals surface area (Å²) in [6, 6.07) is 2.45. The minimum absolute atomic E-state index is 0.169. The van der Waals surface area contributed by atoms with E-state index < -0.39 is 0 Å². The molecule has 1 aliphatic heterocycles. The van der Waals surface area contributed by atoms with Crippen LogP contribution in [0.15, 0.2) is 12.1 Å². The van der Waals surface area contributed by atoms with Crippen molar-refractivity contribution in [1.29, 1.82) is 0 Å². The summed E-state index contributed by atoms with van der Waals surface area (Å²) in [5.74, 6) is 0.159. The van der Waals surface area contributed by atoms with Crippen molar-refractivity contribution in [3.8, 4) is 5.75 Å². The van der Waals surface area contributed by atoms with Crippen molar-refractivity contribution in [2.75, 3.05) is 6.61 Å². The molecule has 0 bridgehead atoms. The van der Waals surface area contributed by atoms with Gasteiger partial charge in [0.15, 0.2) is 0 Å². The third-order valence-corrected chi connectivity index (χ3v) is 2.39. The smallest absolute Gasteiger partial charge is 0.142 e. The van der Waals surface area contributed by atoms with Crippen LogP contribution in [0, 0.1) is 5.82 Å². The van der Waals surface area contributed by atoms with Gasteiger partial charge in [0.1, 0.15) is 11.6 Å². The molecule has 0 radical (unpaired) electrons. The van der Waals surface area contributed by atoms with Gasteiger partial charge >= 0.3 is 0 Å². The highest BCUT2D eigenvalue weighted by atomic mass is 35.5. The first-order valence-electron chi connectivity index (χ1n) is 4.06. The van der Waals surface area contributed by atoms with E-state index in [2.05, 4.69) is 0 Å². The molecule has 0 saturated carbocycles. The summed E-state index contributed by atoms with van der Waals surface area (Å²) in [5, 5.41) is 0.296. The molecule has 1 aromatic carbocycles. The van der Waals surface area contributed by atoms with Crippen molar-refractivity contribution in [2.45, 2.75) is 12.5 Å². The van der Waals surface area contributed by atoms with Crippen LogP contribution in [0.2, 0.25) is 5.02 Å². The highest BCUT2D eigenvalue weighted by Crippen LogP contribution is 2.37. The number of benzene rings is 1. The molecule has 1 aliphatic rings. The van der Waals surface area contributed by atoms with Crippen molar-refractivity contribution >= 4 is 11.6 Å². The maximum Gasteiger partial charge on any atom is 0.142 e. The van der Waals surface area contributed by atoms with Crippen LogP contribution in [0.25, 0.3) is 0 Å². The molecule has 0 fully saturated rings. The van der Waals surface area contributed by atoms with Crippen molar-refractivity contribution in [2.24, 2.45) is 5.73 Å². The molecule has 1 aromatic rings. The Morgan fingerprint density at radius 1 is 1.54 bits per heavy atom. The van der Waals surface area contributed by atoms with E-state index in [1.165, 1.54) is 12.1 Å². The number of nitrogens with two attached hydrogens (primary N) is 1. The number of ether oxygens (including phenoxy) is 1. The zero-order valence-electron chi connectivity index (χ0n) is 6.89. The number of hydrogen-bond acceptors (Lipinski definition) is 2. The topological polar surface area (TPSA) is 35.2 Å². The van der Waals surface area contributed by atoms with E-state index in [4.69, 9.17) is 22.1 Å². The second-order valence-electron chi connectivity index (χ2n) is 3.05. The summed E-state index contributed by atoms with van der Waals surface area (Å²) >= 11 is 5.79. The van der Waals surface area contributed by atoms with Crippen molar-refractivity contribution in [1.82, 2.24) is 0 Å². The fourth-order valence-corrected chi connectivity index (χ4v) is 1.72. The van der Waals surface area contributed by atoms with E-state index in [1.807, 2.05) is 0 Å². The summed E-state index contributed by atoms with van der Waals surface area (Å²) in [5.41, 5.74) is 6.44. The normalized spacial score (nSPS) is 20.7. The van der Waals surface area contributed by atoms with Gasteiger partial charge in [-0.2, -0.15) is 0 Å². The van der Waals surface area contributed by atoms with Crippen LogP contribution in [-0.4, -0.2) is 6.61 Å². The standard InChI is InChI=1S/C9H9ClFNO/c10-7-4-5(11)3-6-8(12)1-2-13-9(6)7/h3-4,8H,1-2,12H2. The predicted molar refractivity (Wildman–Crippen MR) is 48.5 cm³/mol. The third kappa shape index (κ3) is 1.49. The Kier molecular flexibility index (Phi) is 2.14. The van der Waals surface area contributed by atoms with E-state index in [1.54, 1.807) is 0 Å². The van der Waals surface area contributed by atoms with E-state index >= 15 is 0 Å². The van der Waals surface area contributed by atoms with Gasteiger partial charge in [0.2, 0.25) is 0 Å². The lowest BCUT2D eigenvalue weighted by atomic mass is 10.0. The molecule has 4 heteroatoms. The van der Waals surface area contributed by atoms with Crippen molar-refractivity contribution < 1.29 is 9.13 Å². The second-order valence-corrected chi connectivity index (χ2v) is 3.46. The summed E-state index contributed by atoms with van der Waals surface area (Å²) in [6.45, 7) is 0.541. The Labute approximate surface area is 80.4 Å². The molecule has 1 heterocycles. The molecule has 13 heavy (non-hydrogen) atoms. The molecule has 2 nitrogen and oxygen atoms in total. The lowest BCUT2D eigenvalue weighted by molar-refractivity contribution is 0.268. The minimum atomic E-state index is -0.371. The van der Waals surface area contributed by atoms with Gasteiger partial charge in [-0.1, -0.05) is 11.6 Å². The molecule has 1 atom stereocenters. The highest BCUT2D eigenvalue weighted by molar-refractivity contribution is 6.32. The fraction of sp³-hybridized carbons (Fsp3) is 0.333. The average Bonchev–Trinajstić information content (AvgIpc) is 2.07. The lowest BCUT2D eigenvalue weighted by Gasteiger charge is -2.23. The first-order chi connectivity index (χ1) is 6.18. The number of rotatable bonds is 0. The van der Waals surface area contributed by atoms with Crippen molar-refractivity contribution in [3.05, 3.63) is 28.5 Å². The average molecular weight is 202 g/mol. The van der Waals surface area contributed by atoms with Crippen LogP contribution in [0.1, 0.15) is 18.0 Å². The number of hydrogen-bond donors (Lipinski definition) is 1. The zero-order chi connectivity index (χ0) is 9.42. The van der Waals surface area contributed by atoms with E-state index in [0.717, 1.165) is 0 Å². The van der Waals surface area contributed by atoms with Gasteiger partial charge in [0.25, 0.3) is 0 Å². The van der Waals surface area contributed by atoms with Crippen LogP contribution >= 0.6 is 11.6 Å². The second kappa shape index (κ2) is 3.16. The van der Waals surface area contributed by atoms with Gasteiger partial charge < -0.3 is 10.5 Å². The van der Waals surface area contributed by atoms with E-state index in [9.17, 15) is 4.39 Å². The van der Waals surface area contributed by atoms with Crippen LogP contribution in [0.5, 0.6) is 5.75 Å². The Balaban J connectivity index is 2.56. The fourth-order valence-electron chi connectivity index (χ4n) is 1.45. The van der Waals surface area contributed by atoms with Crippen LogP contribution in [0.3, 0.4) is 0 Å². The first-order valence-corrected chi connectivity index (χ1v) is 4.43. The summed E-state index contributed by atoms with van der Waals surface area (Å²) < 4.78 is 18.2. The molecule has 2 rings (SSSR count). The molecule has 0 saturated heterocycles. The zero-order valence-corrected chi connectivity index (χ0v) is 7.64. The Bertz CT molecular complexity index is 343. The maximum atomic E-state index is 12.9. The van der Waals surface area contributed by atoms with Crippen LogP contribution < -0.4 is 10.5 Å². The van der Waals surface area contributed by atoms with Gasteiger partial charge in [-0.15, -0.1) is 0 Å².